The predicted octanol–water partition coefficient (Wildman–Crippen LogP) is 18.3. The molecule has 0 saturated heterocycles. The van der Waals surface area contributed by atoms with Crippen molar-refractivity contribution in [3.8, 4) is 55.6 Å². The van der Waals surface area contributed by atoms with Gasteiger partial charge in [0.2, 0.25) is 0 Å². The smallest absolute Gasteiger partial charge is 0.143 e. The molecule has 1 unspecified atom stereocenters. The zero-order valence-electron chi connectivity index (χ0n) is 37.3. The molecular weight excluding hydrogens is 837 g/mol. The highest BCUT2D eigenvalue weighted by molar-refractivity contribution is 6.23. The van der Waals surface area contributed by atoms with Gasteiger partial charge in [0.15, 0.2) is 0 Å². The molecule has 16 rings (SSSR count). The van der Waals surface area contributed by atoms with Crippen LogP contribution >= 0.6 is 0 Å². The third kappa shape index (κ3) is 4.75. The van der Waals surface area contributed by atoms with E-state index in [1.807, 2.05) is 0 Å². The number of rotatable bonds is 3. The lowest BCUT2D eigenvalue weighted by atomic mass is 9.70. The molecule has 0 fully saturated rings. The maximum absolute atomic E-state index is 6.78. The van der Waals surface area contributed by atoms with Crippen molar-refractivity contribution in [1.29, 1.82) is 0 Å². The first-order valence-corrected chi connectivity index (χ1v) is 23.9. The molecule has 1 atom stereocenters. The van der Waals surface area contributed by atoms with E-state index < -0.39 is 5.41 Å². The van der Waals surface area contributed by atoms with Crippen LogP contribution in [0.1, 0.15) is 22.3 Å². The topological polar surface area (TPSA) is 26.3 Å². The molecule has 1 spiro atoms. The Morgan fingerprint density at radius 1 is 0.232 bits per heavy atom. The Kier molecular flexibility index (Phi) is 7.30. The third-order valence-electron chi connectivity index (χ3n) is 15.7. The standard InChI is InChI=1S/C67H38O2/c1-2-17-40-39(16-1)36-37-59-63(40)51-20-3-7-31-56(51)67(59)57-32-8-4-21-52(57)64-53(30-15-33-58(64)67)62-45-24-11-22-41(47-26-13-28-49-43-18-5-9-34-60(43)68-65(47)49)54(45)38-55-42(23-12-25-46(55)62)48-27-14-29-50-44-19-6-10-35-61(44)69-66(48)50/h1-38H. The van der Waals surface area contributed by atoms with Crippen LogP contribution in [0.2, 0.25) is 0 Å². The number of para-hydroxylation sites is 4. The minimum absolute atomic E-state index is 0.511. The number of hydrogen-bond donors (Lipinski definition) is 0. The fraction of sp³-hybridized carbons (Fsp3) is 0.0149. The first-order chi connectivity index (χ1) is 34.3. The van der Waals surface area contributed by atoms with Gasteiger partial charge in [0, 0.05) is 32.7 Å². The maximum Gasteiger partial charge on any atom is 0.143 e. The summed E-state index contributed by atoms with van der Waals surface area (Å²) in [5.74, 6) is 0. The van der Waals surface area contributed by atoms with E-state index in [4.69, 9.17) is 8.83 Å². The van der Waals surface area contributed by atoms with Crippen LogP contribution in [-0.4, -0.2) is 0 Å². The van der Waals surface area contributed by atoms with Gasteiger partial charge < -0.3 is 8.83 Å². The molecule has 12 aromatic carbocycles. The molecule has 69 heavy (non-hydrogen) atoms. The van der Waals surface area contributed by atoms with Crippen LogP contribution in [0, 0.1) is 0 Å². The Balaban J connectivity index is 1.05. The van der Waals surface area contributed by atoms with Crippen LogP contribution in [0.25, 0.3) is 132 Å². The summed E-state index contributed by atoms with van der Waals surface area (Å²) in [6.07, 6.45) is 0. The molecule has 0 saturated carbocycles. The average molecular weight is 875 g/mol. The molecular formula is C67H38O2. The third-order valence-corrected chi connectivity index (χ3v) is 15.7. The van der Waals surface area contributed by atoms with Gasteiger partial charge in [-0.1, -0.05) is 212 Å². The van der Waals surface area contributed by atoms with Crippen molar-refractivity contribution in [1.82, 2.24) is 0 Å². The van der Waals surface area contributed by atoms with Crippen molar-refractivity contribution < 1.29 is 8.83 Å². The van der Waals surface area contributed by atoms with E-state index in [1.165, 1.54) is 88.0 Å². The Morgan fingerprint density at radius 2 is 0.652 bits per heavy atom. The normalized spacial score (nSPS) is 14.7. The molecule has 2 heterocycles. The van der Waals surface area contributed by atoms with E-state index >= 15 is 0 Å². The van der Waals surface area contributed by atoms with Crippen molar-refractivity contribution in [2.75, 3.05) is 0 Å². The first-order valence-electron chi connectivity index (χ1n) is 23.9. The molecule has 318 valence electrons. The lowest BCUT2D eigenvalue weighted by molar-refractivity contribution is 0.669. The Hall–Kier alpha value is -8.98. The van der Waals surface area contributed by atoms with Gasteiger partial charge in [0.1, 0.15) is 22.3 Å². The van der Waals surface area contributed by atoms with E-state index in [0.717, 1.165) is 66.1 Å². The number of benzene rings is 12. The summed E-state index contributed by atoms with van der Waals surface area (Å²) < 4.78 is 13.6. The Labute approximate surface area is 396 Å². The molecule has 0 radical (unpaired) electrons. The lowest BCUT2D eigenvalue weighted by Gasteiger charge is -2.30. The largest absolute Gasteiger partial charge is 0.455 e. The van der Waals surface area contributed by atoms with Crippen molar-refractivity contribution >= 4 is 76.2 Å². The first kappa shape index (κ1) is 37.1. The summed E-state index contributed by atoms with van der Waals surface area (Å²) >= 11 is 0. The van der Waals surface area contributed by atoms with Gasteiger partial charge >= 0.3 is 0 Å². The molecule has 2 aromatic heterocycles. The van der Waals surface area contributed by atoms with E-state index in [9.17, 15) is 0 Å². The monoisotopic (exact) mass is 874 g/mol. The minimum atomic E-state index is -0.511. The zero-order chi connectivity index (χ0) is 45.0. The molecule has 2 nitrogen and oxygen atoms in total. The van der Waals surface area contributed by atoms with Crippen LogP contribution in [0.3, 0.4) is 0 Å². The van der Waals surface area contributed by atoms with E-state index in [-0.39, 0.29) is 0 Å². The van der Waals surface area contributed by atoms with E-state index in [2.05, 4.69) is 231 Å². The van der Waals surface area contributed by atoms with Crippen LogP contribution in [-0.2, 0) is 5.41 Å². The van der Waals surface area contributed by atoms with Crippen LogP contribution < -0.4 is 0 Å². The molecule has 0 N–H and O–H groups in total. The molecule has 14 aromatic rings. The van der Waals surface area contributed by atoms with Crippen LogP contribution in [0.5, 0.6) is 0 Å². The number of furan rings is 2. The van der Waals surface area contributed by atoms with Gasteiger partial charge in [0.05, 0.1) is 5.41 Å². The Morgan fingerprint density at radius 3 is 1.28 bits per heavy atom. The molecule has 0 aliphatic heterocycles. The highest BCUT2D eigenvalue weighted by atomic mass is 16.3. The summed E-state index contributed by atoms with van der Waals surface area (Å²) in [7, 11) is 0. The number of hydrogen-bond acceptors (Lipinski definition) is 2. The van der Waals surface area contributed by atoms with Crippen molar-refractivity contribution in [2.45, 2.75) is 5.41 Å². The molecule has 0 bridgehead atoms. The summed E-state index contributed by atoms with van der Waals surface area (Å²) in [5.41, 5.74) is 20.4. The van der Waals surface area contributed by atoms with Gasteiger partial charge in [-0.25, -0.2) is 0 Å². The van der Waals surface area contributed by atoms with E-state index in [1.54, 1.807) is 0 Å². The second kappa shape index (κ2) is 13.6. The highest BCUT2D eigenvalue weighted by Crippen LogP contribution is 2.65. The van der Waals surface area contributed by atoms with E-state index in [0.29, 0.717) is 0 Å². The maximum atomic E-state index is 6.78. The second-order valence-electron chi connectivity index (χ2n) is 18.9. The summed E-state index contributed by atoms with van der Waals surface area (Å²) in [6.45, 7) is 0. The summed E-state index contributed by atoms with van der Waals surface area (Å²) in [6, 6.07) is 85.2. The Bertz CT molecular complexity index is 4390. The summed E-state index contributed by atoms with van der Waals surface area (Å²) in [4.78, 5) is 0. The zero-order valence-corrected chi connectivity index (χ0v) is 37.3. The summed E-state index contributed by atoms with van der Waals surface area (Å²) in [5, 5.41) is 11.7. The fourth-order valence-corrected chi connectivity index (χ4v) is 13.0. The minimum Gasteiger partial charge on any atom is -0.455 e. The van der Waals surface area contributed by atoms with Crippen molar-refractivity contribution in [2.24, 2.45) is 0 Å². The van der Waals surface area contributed by atoms with Gasteiger partial charge in [-0.05, 0) is 117 Å². The second-order valence-corrected chi connectivity index (χ2v) is 18.9. The lowest BCUT2D eigenvalue weighted by Crippen LogP contribution is -2.25. The van der Waals surface area contributed by atoms with Crippen molar-refractivity contribution in [3.05, 3.63) is 253 Å². The molecule has 2 aliphatic rings. The van der Waals surface area contributed by atoms with Gasteiger partial charge in [-0.2, -0.15) is 0 Å². The van der Waals surface area contributed by atoms with Gasteiger partial charge in [-0.15, -0.1) is 0 Å². The van der Waals surface area contributed by atoms with Crippen LogP contribution in [0.4, 0.5) is 0 Å². The average Bonchev–Trinajstić information content (AvgIpc) is 4.16. The SMILES string of the molecule is c1ccc2c(c1)-c1c(-c3c4cccc(-c5cccc6c5oc5ccccc56)c4cc4c(-c5cccc6c5oc5ccccc56)cccc34)cccc1C21c2ccccc2-c2c1ccc1ccccc21. The van der Waals surface area contributed by atoms with Crippen molar-refractivity contribution in [3.63, 3.8) is 0 Å². The van der Waals surface area contributed by atoms with Gasteiger partial charge in [0.25, 0.3) is 0 Å². The molecule has 2 heteroatoms. The molecule has 0 amide bonds. The predicted molar refractivity (Wildman–Crippen MR) is 286 cm³/mol. The highest BCUT2D eigenvalue weighted by Gasteiger charge is 2.52. The number of fused-ring (bicyclic) bond motifs is 20. The van der Waals surface area contributed by atoms with Gasteiger partial charge in [-0.3, -0.25) is 0 Å². The quantitative estimate of drug-likeness (QED) is 0.165. The van der Waals surface area contributed by atoms with Crippen LogP contribution in [0.15, 0.2) is 239 Å². The molecule has 2 aliphatic carbocycles. The fourth-order valence-electron chi connectivity index (χ4n) is 13.0.